The third-order valence-corrected chi connectivity index (χ3v) is 8.60. The fourth-order valence-electron chi connectivity index (χ4n) is 6.20. The van der Waals surface area contributed by atoms with Crippen molar-refractivity contribution in [1.29, 1.82) is 0 Å². The van der Waals surface area contributed by atoms with E-state index >= 15 is 0 Å². The zero-order valence-corrected chi connectivity index (χ0v) is 26.3. The van der Waals surface area contributed by atoms with Crippen LogP contribution in [0.4, 0.5) is 0 Å². The number of aromatic amines is 2. The van der Waals surface area contributed by atoms with E-state index in [0.29, 0.717) is 43.1 Å². The minimum Gasteiger partial charge on any atom is -0.497 e. The highest BCUT2D eigenvalue weighted by atomic mass is 16.5. The number of aromatic nitrogens is 6. The van der Waals surface area contributed by atoms with Gasteiger partial charge in [0, 0.05) is 53.2 Å². The van der Waals surface area contributed by atoms with Crippen LogP contribution in [0.25, 0.3) is 21.8 Å². The van der Waals surface area contributed by atoms with Crippen LogP contribution in [-0.2, 0) is 24.2 Å². The summed E-state index contributed by atoms with van der Waals surface area (Å²) in [6.45, 7) is 0.385. The molecule has 11 nitrogen and oxygen atoms in total. The summed E-state index contributed by atoms with van der Waals surface area (Å²) in [5.41, 5.74) is 5.31. The van der Waals surface area contributed by atoms with Crippen molar-refractivity contribution < 1.29 is 14.3 Å². The van der Waals surface area contributed by atoms with Crippen molar-refractivity contribution in [3.8, 4) is 5.75 Å². The summed E-state index contributed by atoms with van der Waals surface area (Å²) in [6.07, 6.45) is 7.10. The van der Waals surface area contributed by atoms with E-state index in [2.05, 4.69) is 37.7 Å². The second kappa shape index (κ2) is 13.6. The Morgan fingerprint density at radius 3 is 2.02 bits per heavy atom. The number of nitrogens with zero attached hydrogens (tertiary/aromatic N) is 4. The Bertz CT molecular complexity index is 2170. The Kier molecular flexibility index (Phi) is 8.64. The van der Waals surface area contributed by atoms with Crippen LogP contribution >= 0.6 is 0 Å². The Balaban J connectivity index is 1.33. The molecule has 2 atom stereocenters. The molecule has 4 N–H and O–H groups in total. The number of pyridine rings is 1. The molecule has 7 aromatic rings. The van der Waals surface area contributed by atoms with Crippen LogP contribution in [0.1, 0.15) is 50.9 Å². The number of carbonyl (C=O) groups excluding carboxylic acids is 2. The summed E-state index contributed by atoms with van der Waals surface area (Å²) in [5.74, 6) is 1.52. The normalized spacial score (nSPS) is 12.5. The van der Waals surface area contributed by atoms with Crippen molar-refractivity contribution in [2.75, 3.05) is 7.11 Å². The largest absolute Gasteiger partial charge is 0.497 e. The van der Waals surface area contributed by atoms with Crippen molar-refractivity contribution in [3.63, 3.8) is 0 Å². The van der Waals surface area contributed by atoms with Gasteiger partial charge in [0.05, 0.1) is 25.7 Å². The van der Waals surface area contributed by atoms with Crippen molar-refractivity contribution >= 4 is 34.1 Å². The molecule has 4 heterocycles. The first kappa shape index (κ1) is 30.4. The van der Waals surface area contributed by atoms with Crippen LogP contribution in [0.5, 0.6) is 5.75 Å². The van der Waals surface area contributed by atoms with Crippen molar-refractivity contribution in [3.05, 3.63) is 144 Å². The molecule has 7 rings (SSSR count). The third kappa shape index (κ3) is 6.25. The molecule has 2 amide bonds. The zero-order chi connectivity index (χ0) is 32.9. The highest BCUT2D eigenvalue weighted by molar-refractivity contribution is 5.92. The molecule has 48 heavy (non-hydrogen) atoms. The molecule has 0 radical (unpaired) electrons. The molecule has 0 aliphatic carbocycles. The first-order chi connectivity index (χ1) is 23.6. The molecule has 3 aromatic carbocycles. The number of para-hydroxylation sites is 2. The first-order valence-corrected chi connectivity index (χ1v) is 15.7. The second-order valence-electron chi connectivity index (χ2n) is 11.6. The van der Waals surface area contributed by atoms with E-state index in [4.69, 9.17) is 14.9 Å². The molecule has 1 unspecified atom stereocenters. The number of nitrogens with one attached hydrogen (secondary N) is 4. The summed E-state index contributed by atoms with van der Waals surface area (Å²) in [7, 11) is 1.63. The molecule has 240 valence electrons. The predicted molar refractivity (Wildman–Crippen MR) is 183 cm³/mol. The lowest BCUT2D eigenvalue weighted by Gasteiger charge is -2.22. The molecule has 0 saturated heterocycles. The summed E-state index contributed by atoms with van der Waals surface area (Å²) < 4.78 is 7.39. The van der Waals surface area contributed by atoms with Crippen LogP contribution in [0.3, 0.4) is 0 Å². The summed E-state index contributed by atoms with van der Waals surface area (Å²) in [6, 6.07) is 28.0. The number of hydrogen-bond donors (Lipinski definition) is 4. The summed E-state index contributed by atoms with van der Waals surface area (Å²) in [4.78, 5) is 36.6. The molecule has 0 saturated carbocycles. The number of ether oxygens (including phenoxy) is 1. The van der Waals surface area contributed by atoms with Crippen molar-refractivity contribution in [2.45, 2.75) is 31.5 Å². The van der Waals surface area contributed by atoms with Gasteiger partial charge in [-0.3, -0.25) is 14.6 Å². The lowest BCUT2D eigenvalue weighted by molar-refractivity contribution is -0.110. The van der Waals surface area contributed by atoms with Gasteiger partial charge in [-0.15, -0.1) is 10.2 Å². The SMILES string of the molecule is COc1ccc(Cn2c(C(Cc3c[nH]c4ccccc34)NC(=O)c3ccccn3)nnc2[C@@H](Cc2c[nH]c3ccccc23)NC=O)cc1. The van der Waals surface area contributed by atoms with E-state index in [-0.39, 0.29) is 5.91 Å². The Morgan fingerprint density at radius 2 is 1.42 bits per heavy atom. The summed E-state index contributed by atoms with van der Waals surface area (Å²) in [5, 5.41) is 17.7. The Hall–Kier alpha value is -6.23. The third-order valence-electron chi connectivity index (χ3n) is 8.60. The highest BCUT2D eigenvalue weighted by Gasteiger charge is 2.29. The van der Waals surface area contributed by atoms with Gasteiger partial charge in [0.25, 0.3) is 5.91 Å². The topological polar surface area (TPSA) is 143 Å². The number of carbonyl (C=O) groups is 2. The number of hydrogen-bond acceptors (Lipinski definition) is 6. The number of benzene rings is 3. The maximum absolute atomic E-state index is 13.6. The predicted octanol–water partition coefficient (Wildman–Crippen LogP) is 5.44. The maximum Gasteiger partial charge on any atom is 0.270 e. The quantitative estimate of drug-likeness (QED) is 0.124. The number of fused-ring (bicyclic) bond motifs is 2. The average molecular weight is 639 g/mol. The van der Waals surface area contributed by atoms with E-state index in [9.17, 15) is 9.59 Å². The van der Waals surface area contributed by atoms with Gasteiger partial charge < -0.3 is 29.9 Å². The average Bonchev–Trinajstić information content (AvgIpc) is 3.86. The Morgan fingerprint density at radius 1 is 0.812 bits per heavy atom. The van der Waals surface area contributed by atoms with Gasteiger partial charge in [0.1, 0.15) is 11.4 Å². The fraction of sp³-hybridized carbons (Fsp3) is 0.162. The van der Waals surface area contributed by atoms with Crippen LogP contribution in [0, 0.1) is 0 Å². The van der Waals surface area contributed by atoms with Gasteiger partial charge in [-0.05, 0) is 53.1 Å². The minimum absolute atomic E-state index is 0.294. The lowest BCUT2D eigenvalue weighted by atomic mass is 10.0. The number of methoxy groups -OCH3 is 1. The number of H-pyrrole nitrogens is 2. The van der Waals surface area contributed by atoms with Crippen LogP contribution < -0.4 is 15.4 Å². The van der Waals surface area contributed by atoms with Gasteiger partial charge in [-0.2, -0.15) is 0 Å². The van der Waals surface area contributed by atoms with E-state index in [1.165, 1.54) is 0 Å². The van der Waals surface area contributed by atoms with Crippen LogP contribution in [0.15, 0.2) is 110 Å². The lowest BCUT2D eigenvalue weighted by Crippen LogP contribution is -2.33. The smallest absolute Gasteiger partial charge is 0.270 e. The van der Waals surface area contributed by atoms with Gasteiger partial charge >= 0.3 is 0 Å². The highest BCUT2D eigenvalue weighted by Crippen LogP contribution is 2.29. The van der Waals surface area contributed by atoms with E-state index in [1.54, 1.807) is 31.5 Å². The minimum atomic E-state index is -0.594. The molecule has 0 fully saturated rings. The van der Waals surface area contributed by atoms with Crippen molar-refractivity contribution in [2.24, 2.45) is 0 Å². The van der Waals surface area contributed by atoms with Gasteiger partial charge in [-0.1, -0.05) is 54.6 Å². The monoisotopic (exact) mass is 638 g/mol. The second-order valence-corrected chi connectivity index (χ2v) is 11.6. The van der Waals surface area contributed by atoms with Crippen LogP contribution in [0.2, 0.25) is 0 Å². The first-order valence-electron chi connectivity index (χ1n) is 15.7. The van der Waals surface area contributed by atoms with Crippen molar-refractivity contribution in [1.82, 2.24) is 40.3 Å². The maximum atomic E-state index is 13.6. The van der Waals surface area contributed by atoms with Gasteiger partial charge in [0.15, 0.2) is 11.6 Å². The number of amides is 2. The van der Waals surface area contributed by atoms with Gasteiger partial charge in [0.2, 0.25) is 6.41 Å². The number of rotatable bonds is 13. The zero-order valence-electron chi connectivity index (χ0n) is 26.3. The molecular formula is C37H34N8O3. The molecule has 0 bridgehead atoms. The molecule has 0 aliphatic heterocycles. The van der Waals surface area contributed by atoms with E-state index < -0.39 is 12.1 Å². The molecule has 0 spiro atoms. The van der Waals surface area contributed by atoms with E-state index in [1.807, 2.05) is 77.6 Å². The molecular weight excluding hydrogens is 604 g/mol. The molecule has 11 heteroatoms. The molecule has 4 aromatic heterocycles. The van der Waals surface area contributed by atoms with Crippen LogP contribution in [-0.4, -0.2) is 49.1 Å². The summed E-state index contributed by atoms with van der Waals surface area (Å²) >= 11 is 0. The Labute approximate surface area is 276 Å². The molecule has 0 aliphatic rings. The fourth-order valence-corrected chi connectivity index (χ4v) is 6.20. The standard InChI is InChI=1S/C37H34N8O3/c1-48-27-15-13-24(14-16-27)22-45-35(33(41-23-46)18-25-20-39-30-10-4-2-8-28(25)30)43-44-36(45)34(42-37(47)32-12-6-7-17-38-32)19-26-21-40-31-11-5-3-9-29(26)31/h2-17,20-21,23,33-34,39-40H,18-19,22H2,1H3,(H,41,46)(H,42,47)/t33-,34?/m1/s1. The van der Waals surface area contributed by atoms with Gasteiger partial charge in [-0.25, -0.2) is 0 Å². The van der Waals surface area contributed by atoms with E-state index in [0.717, 1.165) is 44.2 Å².